The first-order chi connectivity index (χ1) is 11.1. The molecule has 0 spiro atoms. The molecule has 1 aliphatic rings. The topological polar surface area (TPSA) is 67.9 Å². The first-order valence-electron chi connectivity index (χ1n) is 7.73. The summed E-state index contributed by atoms with van der Waals surface area (Å²) in [4.78, 5) is 18.4. The highest BCUT2D eigenvalue weighted by Gasteiger charge is 2.21. The Morgan fingerprint density at radius 1 is 1.00 bits per heavy atom. The first kappa shape index (κ1) is 14.1. The number of imidazole rings is 1. The van der Waals surface area contributed by atoms with Crippen LogP contribution in [-0.2, 0) is 14.1 Å². The van der Waals surface area contributed by atoms with Crippen molar-refractivity contribution in [2.75, 3.05) is 38.1 Å². The largest absolute Gasteiger partial charge is 0.352 e. The molecule has 0 bridgehead atoms. The van der Waals surface area contributed by atoms with Gasteiger partial charge >= 0.3 is 0 Å². The van der Waals surface area contributed by atoms with E-state index in [1.54, 1.807) is 11.0 Å². The molecule has 0 aromatic carbocycles. The minimum Gasteiger partial charge on any atom is -0.352 e. The monoisotopic (exact) mass is 312 g/mol. The fourth-order valence-corrected chi connectivity index (χ4v) is 3.03. The lowest BCUT2D eigenvalue weighted by molar-refractivity contribution is 0.312. The van der Waals surface area contributed by atoms with E-state index >= 15 is 0 Å². The molecule has 1 aliphatic heterocycles. The Morgan fingerprint density at radius 2 is 1.78 bits per heavy atom. The summed E-state index contributed by atoms with van der Waals surface area (Å²) in [6, 6.07) is 0. The van der Waals surface area contributed by atoms with E-state index in [4.69, 9.17) is 4.98 Å². The molecule has 0 saturated carbocycles. The zero-order chi connectivity index (χ0) is 16.0. The Kier molecular flexibility index (Phi) is 3.26. The molecule has 0 radical (unpaired) electrons. The molecule has 0 amide bonds. The van der Waals surface area contributed by atoms with Crippen molar-refractivity contribution in [3.8, 4) is 11.4 Å². The number of fused-ring (bicyclic) bond motifs is 1. The SMILES string of the molecule is CN1CCN(c2ncnc3c2nc(-c2cnn(C)c2)n3C)CC1. The first-order valence-corrected chi connectivity index (χ1v) is 7.73. The van der Waals surface area contributed by atoms with Gasteiger partial charge in [0.1, 0.15) is 12.2 Å². The van der Waals surface area contributed by atoms with Crippen LogP contribution in [0.5, 0.6) is 0 Å². The summed E-state index contributed by atoms with van der Waals surface area (Å²) < 4.78 is 3.79. The van der Waals surface area contributed by atoms with E-state index in [0.29, 0.717) is 0 Å². The molecule has 4 rings (SSSR count). The van der Waals surface area contributed by atoms with Gasteiger partial charge in [0.15, 0.2) is 17.0 Å². The third-order valence-corrected chi connectivity index (χ3v) is 4.40. The number of nitrogens with zero attached hydrogens (tertiary/aromatic N) is 8. The molecule has 8 nitrogen and oxygen atoms in total. The molecule has 3 aromatic heterocycles. The zero-order valence-electron chi connectivity index (χ0n) is 13.6. The van der Waals surface area contributed by atoms with Crippen LogP contribution in [-0.4, -0.2) is 67.4 Å². The number of aryl methyl sites for hydroxylation is 2. The number of aromatic nitrogens is 6. The predicted octanol–water partition coefficient (Wildman–Crippen LogP) is 0.516. The van der Waals surface area contributed by atoms with Gasteiger partial charge in [-0.1, -0.05) is 0 Å². The fraction of sp³-hybridized carbons (Fsp3) is 0.467. The van der Waals surface area contributed by atoms with E-state index in [0.717, 1.165) is 54.5 Å². The molecule has 23 heavy (non-hydrogen) atoms. The van der Waals surface area contributed by atoms with Gasteiger partial charge in [-0.15, -0.1) is 0 Å². The number of hydrogen-bond donors (Lipinski definition) is 0. The van der Waals surface area contributed by atoms with E-state index in [1.165, 1.54) is 0 Å². The van der Waals surface area contributed by atoms with Gasteiger partial charge in [-0.25, -0.2) is 15.0 Å². The molecule has 0 aliphatic carbocycles. The van der Waals surface area contributed by atoms with Crippen LogP contribution in [0.15, 0.2) is 18.7 Å². The second kappa shape index (κ2) is 5.31. The maximum atomic E-state index is 4.82. The molecule has 1 fully saturated rings. The third kappa shape index (κ3) is 2.35. The second-order valence-electron chi connectivity index (χ2n) is 6.06. The van der Waals surface area contributed by atoms with Gasteiger partial charge in [0.05, 0.1) is 11.8 Å². The Balaban J connectivity index is 1.81. The minimum atomic E-state index is 0.854. The zero-order valence-corrected chi connectivity index (χ0v) is 13.6. The van der Waals surface area contributed by atoms with Gasteiger partial charge in [0.2, 0.25) is 0 Å². The van der Waals surface area contributed by atoms with Crippen LogP contribution in [0.4, 0.5) is 5.82 Å². The van der Waals surface area contributed by atoms with Gasteiger partial charge in [-0.3, -0.25) is 4.68 Å². The van der Waals surface area contributed by atoms with Crippen molar-refractivity contribution in [1.82, 2.24) is 34.2 Å². The van der Waals surface area contributed by atoms with E-state index < -0.39 is 0 Å². The van der Waals surface area contributed by atoms with Crippen molar-refractivity contribution in [2.45, 2.75) is 0 Å². The number of anilines is 1. The van der Waals surface area contributed by atoms with Crippen LogP contribution in [0, 0.1) is 0 Å². The van der Waals surface area contributed by atoms with E-state index in [2.05, 4.69) is 31.9 Å². The van der Waals surface area contributed by atoms with Crippen molar-refractivity contribution in [3.05, 3.63) is 18.7 Å². The molecule has 120 valence electrons. The van der Waals surface area contributed by atoms with Crippen LogP contribution in [0.1, 0.15) is 0 Å². The van der Waals surface area contributed by atoms with Gasteiger partial charge in [-0.2, -0.15) is 5.10 Å². The summed E-state index contributed by atoms with van der Waals surface area (Å²) in [5.41, 5.74) is 2.70. The lowest BCUT2D eigenvalue weighted by Crippen LogP contribution is -2.44. The fourth-order valence-electron chi connectivity index (χ4n) is 3.03. The van der Waals surface area contributed by atoms with Gasteiger partial charge in [0, 0.05) is 46.5 Å². The number of likely N-dealkylation sites (N-methyl/N-ethyl adjacent to an activating group) is 1. The van der Waals surface area contributed by atoms with Crippen LogP contribution in [0.25, 0.3) is 22.6 Å². The lowest BCUT2D eigenvalue weighted by Gasteiger charge is -2.33. The number of hydrogen-bond acceptors (Lipinski definition) is 6. The Morgan fingerprint density at radius 3 is 2.48 bits per heavy atom. The average Bonchev–Trinajstić information content (AvgIpc) is 3.12. The molecule has 0 atom stereocenters. The van der Waals surface area contributed by atoms with Crippen molar-refractivity contribution < 1.29 is 0 Å². The summed E-state index contributed by atoms with van der Waals surface area (Å²) in [7, 11) is 6.04. The summed E-state index contributed by atoms with van der Waals surface area (Å²) in [6.45, 7) is 3.99. The van der Waals surface area contributed by atoms with Crippen LogP contribution < -0.4 is 4.90 Å². The maximum Gasteiger partial charge on any atom is 0.165 e. The highest BCUT2D eigenvalue weighted by atomic mass is 15.3. The molecule has 1 saturated heterocycles. The molecule has 3 aromatic rings. The van der Waals surface area contributed by atoms with Gasteiger partial charge < -0.3 is 14.4 Å². The highest BCUT2D eigenvalue weighted by Crippen LogP contribution is 2.27. The quantitative estimate of drug-likeness (QED) is 0.687. The summed E-state index contributed by atoms with van der Waals surface area (Å²) in [6.07, 6.45) is 5.42. The maximum absolute atomic E-state index is 4.82. The molecular weight excluding hydrogens is 292 g/mol. The van der Waals surface area contributed by atoms with Crippen molar-refractivity contribution in [3.63, 3.8) is 0 Å². The van der Waals surface area contributed by atoms with Crippen molar-refractivity contribution >= 4 is 17.0 Å². The molecule has 0 unspecified atom stereocenters. The predicted molar refractivity (Wildman–Crippen MR) is 88.2 cm³/mol. The summed E-state index contributed by atoms with van der Waals surface area (Å²) in [5.74, 6) is 1.79. The Labute approximate surface area is 134 Å². The number of rotatable bonds is 2. The third-order valence-electron chi connectivity index (χ3n) is 4.40. The highest BCUT2D eigenvalue weighted by molar-refractivity contribution is 5.86. The lowest BCUT2D eigenvalue weighted by atomic mass is 10.3. The van der Waals surface area contributed by atoms with E-state index in [-0.39, 0.29) is 0 Å². The number of piperazine rings is 1. The summed E-state index contributed by atoms with van der Waals surface area (Å²) >= 11 is 0. The van der Waals surface area contributed by atoms with Gasteiger partial charge in [0.25, 0.3) is 0 Å². The van der Waals surface area contributed by atoms with E-state index in [1.807, 2.05) is 31.1 Å². The van der Waals surface area contributed by atoms with Crippen LogP contribution >= 0.6 is 0 Å². The van der Waals surface area contributed by atoms with E-state index in [9.17, 15) is 0 Å². The molecule has 8 heteroatoms. The molecular formula is C15H20N8. The average molecular weight is 312 g/mol. The summed E-state index contributed by atoms with van der Waals surface area (Å²) in [5, 5.41) is 4.24. The second-order valence-corrected chi connectivity index (χ2v) is 6.06. The Bertz CT molecular complexity index is 840. The van der Waals surface area contributed by atoms with Gasteiger partial charge in [-0.05, 0) is 7.05 Å². The van der Waals surface area contributed by atoms with Crippen molar-refractivity contribution in [1.29, 1.82) is 0 Å². The van der Waals surface area contributed by atoms with Crippen LogP contribution in [0.2, 0.25) is 0 Å². The van der Waals surface area contributed by atoms with Crippen LogP contribution in [0.3, 0.4) is 0 Å². The normalized spacial score (nSPS) is 16.4. The standard InChI is InChI=1S/C15H20N8/c1-20-4-6-23(7-5-20)15-12-14(16-10-17-15)22(3)13(19-12)11-8-18-21(2)9-11/h8-10H,4-7H2,1-3H3. The molecule has 4 heterocycles. The molecule has 0 N–H and O–H groups in total. The minimum absolute atomic E-state index is 0.854. The smallest absolute Gasteiger partial charge is 0.165 e. The Hall–Kier alpha value is -2.48. The van der Waals surface area contributed by atoms with Crippen molar-refractivity contribution in [2.24, 2.45) is 14.1 Å².